The summed E-state index contributed by atoms with van der Waals surface area (Å²) in [5, 5.41) is 2.95. The number of rotatable bonds is 6. The Morgan fingerprint density at radius 1 is 1.12 bits per heavy atom. The zero-order chi connectivity index (χ0) is 17.1. The maximum atomic E-state index is 12.3. The quantitative estimate of drug-likeness (QED) is 0.789. The standard InChI is InChI=1S/C19H20BrNO3/c1-3-23-17-11-12(10-15(20)18(17)24-4-2)9-14-13-7-5-6-8-16(13)21-19(14)22/h5-8,10-11,14H,3-4,9H2,1-2H3,(H,21,22). The monoisotopic (exact) mass is 389 g/mol. The first-order valence-corrected chi connectivity index (χ1v) is 8.91. The van der Waals surface area contributed by atoms with Gasteiger partial charge in [0.2, 0.25) is 5.91 Å². The van der Waals surface area contributed by atoms with E-state index in [1.807, 2.05) is 50.2 Å². The zero-order valence-electron chi connectivity index (χ0n) is 13.8. The molecule has 1 amide bonds. The fourth-order valence-corrected chi connectivity index (χ4v) is 3.60. The van der Waals surface area contributed by atoms with Crippen molar-refractivity contribution in [2.24, 2.45) is 0 Å². The van der Waals surface area contributed by atoms with Crippen LogP contribution in [0.2, 0.25) is 0 Å². The molecular weight excluding hydrogens is 370 g/mol. The van der Waals surface area contributed by atoms with Gasteiger partial charge in [0, 0.05) is 5.69 Å². The average Bonchev–Trinajstić information content (AvgIpc) is 2.87. The van der Waals surface area contributed by atoms with Crippen molar-refractivity contribution in [2.45, 2.75) is 26.2 Å². The second kappa shape index (κ2) is 7.26. The van der Waals surface area contributed by atoms with Crippen LogP contribution in [-0.2, 0) is 11.2 Å². The van der Waals surface area contributed by atoms with E-state index in [0.717, 1.165) is 21.3 Å². The van der Waals surface area contributed by atoms with Crippen LogP contribution < -0.4 is 14.8 Å². The lowest BCUT2D eigenvalue weighted by Crippen LogP contribution is -2.14. The molecule has 0 aliphatic carbocycles. The summed E-state index contributed by atoms with van der Waals surface area (Å²) in [6.45, 7) is 5.01. The predicted molar refractivity (Wildman–Crippen MR) is 98.0 cm³/mol. The van der Waals surface area contributed by atoms with E-state index < -0.39 is 0 Å². The third kappa shape index (κ3) is 3.26. The molecule has 1 unspecified atom stereocenters. The van der Waals surface area contributed by atoms with Crippen LogP contribution in [0.25, 0.3) is 0 Å². The van der Waals surface area contributed by atoms with E-state index in [0.29, 0.717) is 31.1 Å². The molecule has 0 bridgehead atoms. The van der Waals surface area contributed by atoms with E-state index in [4.69, 9.17) is 9.47 Å². The van der Waals surface area contributed by atoms with E-state index in [1.54, 1.807) is 0 Å². The highest BCUT2D eigenvalue weighted by atomic mass is 79.9. The fraction of sp³-hybridized carbons (Fsp3) is 0.316. The van der Waals surface area contributed by atoms with Crippen LogP contribution in [0.15, 0.2) is 40.9 Å². The average molecular weight is 390 g/mol. The van der Waals surface area contributed by atoms with E-state index in [2.05, 4.69) is 21.2 Å². The van der Waals surface area contributed by atoms with Crippen molar-refractivity contribution in [2.75, 3.05) is 18.5 Å². The zero-order valence-corrected chi connectivity index (χ0v) is 15.4. The van der Waals surface area contributed by atoms with Gasteiger partial charge in [-0.3, -0.25) is 4.79 Å². The minimum Gasteiger partial charge on any atom is -0.490 e. The number of amides is 1. The number of carbonyl (C=O) groups excluding carboxylic acids is 1. The summed E-state index contributed by atoms with van der Waals surface area (Å²) >= 11 is 3.56. The van der Waals surface area contributed by atoms with Crippen LogP contribution in [0.3, 0.4) is 0 Å². The molecule has 24 heavy (non-hydrogen) atoms. The Bertz CT molecular complexity index is 760. The summed E-state index contributed by atoms with van der Waals surface area (Å²) in [4.78, 5) is 12.3. The molecule has 0 aromatic heterocycles. The number of hydrogen-bond acceptors (Lipinski definition) is 3. The Balaban J connectivity index is 1.92. The van der Waals surface area contributed by atoms with Gasteiger partial charge in [0.15, 0.2) is 11.5 Å². The molecule has 0 radical (unpaired) electrons. The molecule has 1 atom stereocenters. The first-order valence-electron chi connectivity index (χ1n) is 8.11. The third-order valence-electron chi connectivity index (χ3n) is 4.01. The highest BCUT2D eigenvalue weighted by molar-refractivity contribution is 9.10. The molecule has 126 valence electrons. The van der Waals surface area contributed by atoms with Crippen molar-refractivity contribution < 1.29 is 14.3 Å². The molecule has 1 heterocycles. The number of nitrogens with one attached hydrogen (secondary N) is 1. The lowest BCUT2D eigenvalue weighted by molar-refractivity contribution is -0.117. The summed E-state index contributed by atoms with van der Waals surface area (Å²) in [5.41, 5.74) is 2.98. The number of para-hydroxylation sites is 1. The summed E-state index contributed by atoms with van der Waals surface area (Å²) in [5.74, 6) is 1.27. The van der Waals surface area contributed by atoms with E-state index in [-0.39, 0.29) is 11.8 Å². The SMILES string of the molecule is CCOc1cc(CC2C(=O)Nc3ccccc32)cc(Br)c1OCC. The Hall–Kier alpha value is -2.01. The van der Waals surface area contributed by atoms with E-state index in [9.17, 15) is 4.79 Å². The van der Waals surface area contributed by atoms with E-state index in [1.165, 1.54) is 0 Å². The van der Waals surface area contributed by atoms with Crippen molar-refractivity contribution >= 4 is 27.5 Å². The van der Waals surface area contributed by atoms with Crippen molar-refractivity contribution in [3.8, 4) is 11.5 Å². The molecule has 4 nitrogen and oxygen atoms in total. The first kappa shape index (κ1) is 16.8. The molecule has 5 heteroatoms. The van der Waals surface area contributed by atoms with Crippen molar-refractivity contribution in [1.29, 1.82) is 0 Å². The molecular formula is C19H20BrNO3. The number of ether oxygens (including phenoxy) is 2. The molecule has 0 fully saturated rings. The molecule has 1 N–H and O–H groups in total. The van der Waals surface area contributed by atoms with Gasteiger partial charge in [-0.15, -0.1) is 0 Å². The van der Waals surface area contributed by atoms with Gasteiger partial charge < -0.3 is 14.8 Å². The van der Waals surface area contributed by atoms with Gasteiger partial charge in [-0.25, -0.2) is 0 Å². The van der Waals surface area contributed by atoms with Crippen LogP contribution in [-0.4, -0.2) is 19.1 Å². The minimum absolute atomic E-state index is 0.0409. The van der Waals surface area contributed by atoms with Crippen LogP contribution in [0.4, 0.5) is 5.69 Å². The van der Waals surface area contributed by atoms with Gasteiger partial charge in [0.25, 0.3) is 0 Å². The molecule has 3 rings (SSSR count). The van der Waals surface area contributed by atoms with Crippen LogP contribution in [0.1, 0.15) is 30.9 Å². The number of hydrogen-bond donors (Lipinski definition) is 1. The minimum atomic E-state index is -0.180. The Labute approximate surface area is 150 Å². The molecule has 0 saturated heterocycles. The van der Waals surface area contributed by atoms with Crippen LogP contribution in [0, 0.1) is 0 Å². The van der Waals surface area contributed by atoms with Crippen molar-refractivity contribution in [3.63, 3.8) is 0 Å². The molecule has 0 saturated carbocycles. The number of benzene rings is 2. The number of fused-ring (bicyclic) bond motifs is 1. The lowest BCUT2D eigenvalue weighted by Gasteiger charge is -2.16. The van der Waals surface area contributed by atoms with E-state index >= 15 is 0 Å². The van der Waals surface area contributed by atoms with Gasteiger partial charge in [-0.2, -0.15) is 0 Å². The van der Waals surface area contributed by atoms with Crippen molar-refractivity contribution in [1.82, 2.24) is 0 Å². The Morgan fingerprint density at radius 2 is 1.88 bits per heavy atom. The number of halogens is 1. The highest BCUT2D eigenvalue weighted by Crippen LogP contribution is 2.40. The van der Waals surface area contributed by atoms with Gasteiger partial charge in [0.05, 0.1) is 23.6 Å². The van der Waals surface area contributed by atoms with Gasteiger partial charge >= 0.3 is 0 Å². The van der Waals surface area contributed by atoms with Gasteiger partial charge in [-0.1, -0.05) is 18.2 Å². The fourth-order valence-electron chi connectivity index (χ4n) is 3.00. The van der Waals surface area contributed by atoms with Crippen molar-refractivity contribution in [3.05, 3.63) is 52.0 Å². The molecule has 1 aliphatic heterocycles. The second-order valence-electron chi connectivity index (χ2n) is 5.60. The Morgan fingerprint density at radius 3 is 2.62 bits per heavy atom. The van der Waals surface area contributed by atoms with Gasteiger partial charge in [0.1, 0.15) is 0 Å². The predicted octanol–water partition coefficient (Wildman–Crippen LogP) is 4.52. The highest BCUT2D eigenvalue weighted by Gasteiger charge is 2.30. The number of carbonyl (C=O) groups is 1. The third-order valence-corrected chi connectivity index (χ3v) is 4.60. The summed E-state index contributed by atoms with van der Waals surface area (Å²) < 4.78 is 12.2. The molecule has 2 aromatic carbocycles. The summed E-state index contributed by atoms with van der Waals surface area (Å²) in [6.07, 6.45) is 0.619. The number of anilines is 1. The van der Waals surface area contributed by atoms with Crippen LogP contribution >= 0.6 is 15.9 Å². The molecule has 2 aromatic rings. The molecule has 0 spiro atoms. The smallest absolute Gasteiger partial charge is 0.232 e. The topological polar surface area (TPSA) is 47.6 Å². The lowest BCUT2D eigenvalue weighted by atomic mass is 9.93. The van der Waals surface area contributed by atoms with Gasteiger partial charge in [-0.05, 0) is 65.5 Å². The normalized spacial score (nSPS) is 15.8. The maximum absolute atomic E-state index is 12.3. The first-order chi connectivity index (χ1) is 11.6. The molecule has 1 aliphatic rings. The summed E-state index contributed by atoms with van der Waals surface area (Å²) in [6, 6.07) is 11.8. The Kier molecular flexibility index (Phi) is 5.09. The largest absolute Gasteiger partial charge is 0.490 e. The second-order valence-corrected chi connectivity index (χ2v) is 6.46. The summed E-state index contributed by atoms with van der Waals surface area (Å²) in [7, 11) is 0. The van der Waals surface area contributed by atoms with Crippen LogP contribution in [0.5, 0.6) is 11.5 Å². The maximum Gasteiger partial charge on any atom is 0.232 e.